The van der Waals surface area contributed by atoms with Gasteiger partial charge in [-0.1, -0.05) is 17.7 Å². The molecule has 0 aromatic heterocycles. The van der Waals surface area contributed by atoms with E-state index in [2.05, 4.69) is 27.9 Å². The first-order chi connectivity index (χ1) is 11.6. The van der Waals surface area contributed by atoms with Gasteiger partial charge in [0.1, 0.15) is 6.54 Å². The van der Waals surface area contributed by atoms with Crippen LogP contribution in [0.2, 0.25) is 5.02 Å². The lowest BCUT2D eigenvalue weighted by Gasteiger charge is -2.22. The van der Waals surface area contributed by atoms with Crippen molar-refractivity contribution in [2.45, 2.75) is 13.8 Å². The van der Waals surface area contributed by atoms with Crippen molar-refractivity contribution in [2.75, 3.05) is 22.4 Å². The average molecular weight is 493 g/mol. The molecule has 0 saturated heterocycles. The Morgan fingerprint density at radius 2 is 1.84 bits per heavy atom. The Kier molecular flexibility index (Phi) is 6.34. The molecule has 0 atom stereocenters. The number of aryl methyl sites for hydroxylation is 2. The highest BCUT2D eigenvalue weighted by Crippen LogP contribution is 2.25. The van der Waals surface area contributed by atoms with E-state index < -0.39 is 15.9 Å². The van der Waals surface area contributed by atoms with Gasteiger partial charge >= 0.3 is 0 Å². The minimum atomic E-state index is -3.64. The maximum atomic E-state index is 12.4. The van der Waals surface area contributed by atoms with Crippen LogP contribution in [0.15, 0.2) is 36.4 Å². The van der Waals surface area contributed by atoms with Gasteiger partial charge in [-0.3, -0.25) is 9.10 Å². The molecule has 25 heavy (non-hydrogen) atoms. The number of sulfonamides is 1. The first kappa shape index (κ1) is 20.0. The zero-order chi connectivity index (χ0) is 18.8. The number of nitrogens with zero attached hydrogens (tertiary/aromatic N) is 1. The first-order valence-electron chi connectivity index (χ1n) is 7.38. The second kappa shape index (κ2) is 7.92. The molecule has 2 aromatic carbocycles. The first-order valence-corrected chi connectivity index (χ1v) is 10.7. The highest BCUT2D eigenvalue weighted by Gasteiger charge is 2.21. The summed E-state index contributed by atoms with van der Waals surface area (Å²) in [5.41, 5.74) is 2.75. The smallest absolute Gasteiger partial charge is 0.245 e. The summed E-state index contributed by atoms with van der Waals surface area (Å²) in [5, 5.41) is 3.20. The second-order valence-electron chi connectivity index (χ2n) is 5.71. The van der Waals surface area contributed by atoms with Gasteiger partial charge in [0.15, 0.2) is 0 Å². The number of hydrogen-bond acceptors (Lipinski definition) is 3. The second-order valence-corrected chi connectivity index (χ2v) is 9.27. The van der Waals surface area contributed by atoms with Crippen LogP contribution in [-0.4, -0.2) is 27.1 Å². The zero-order valence-corrected chi connectivity index (χ0v) is 17.7. The maximum absolute atomic E-state index is 12.4. The fourth-order valence-corrected chi connectivity index (χ4v) is 3.89. The summed E-state index contributed by atoms with van der Waals surface area (Å²) in [6.07, 6.45) is 1.06. The monoisotopic (exact) mass is 492 g/mol. The predicted molar refractivity (Wildman–Crippen MR) is 111 cm³/mol. The number of halogens is 2. The molecule has 2 aromatic rings. The number of nitrogens with one attached hydrogen (secondary N) is 1. The zero-order valence-electron chi connectivity index (χ0n) is 14.0. The standard InChI is InChI=1S/C17H18ClIN2O3S/c1-11-4-6-14(9-15(11)18)21(25(3,23)24)10-17(22)20-16-7-5-13(19)8-12(16)2/h4-9H,10H2,1-3H3,(H,20,22). The van der Waals surface area contributed by atoms with Crippen molar-refractivity contribution in [1.82, 2.24) is 0 Å². The van der Waals surface area contributed by atoms with Gasteiger partial charge in [-0.2, -0.15) is 0 Å². The van der Waals surface area contributed by atoms with Crippen LogP contribution < -0.4 is 9.62 Å². The molecule has 5 nitrogen and oxygen atoms in total. The third-order valence-electron chi connectivity index (χ3n) is 3.59. The molecule has 0 spiro atoms. The molecule has 0 saturated carbocycles. The Morgan fingerprint density at radius 3 is 2.40 bits per heavy atom. The molecular formula is C17H18ClIN2O3S. The lowest BCUT2D eigenvalue weighted by atomic mass is 10.2. The fraction of sp³-hybridized carbons (Fsp3) is 0.235. The van der Waals surface area contributed by atoms with Crippen LogP contribution in [0.4, 0.5) is 11.4 Å². The Morgan fingerprint density at radius 1 is 1.16 bits per heavy atom. The highest BCUT2D eigenvalue weighted by molar-refractivity contribution is 14.1. The van der Waals surface area contributed by atoms with Crippen LogP contribution in [0.25, 0.3) is 0 Å². The molecule has 0 aliphatic heterocycles. The third kappa shape index (κ3) is 5.32. The van der Waals surface area contributed by atoms with Crippen molar-refractivity contribution in [2.24, 2.45) is 0 Å². The van der Waals surface area contributed by atoms with E-state index >= 15 is 0 Å². The van der Waals surface area contributed by atoms with Crippen molar-refractivity contribution in [1.29, 1.82) is 0 Å². The molecule has 0 unspecified atom stereocenters. The van der Waals surface area contributed by atoms with E-state index in [0.29, 0.717) is 16.4 Å². The highest BCUT2D eigenvalue weighted by atomic mass is 127. The number of carbonyl (C=O) groups is 1. The molecule has 0 aliphatic rings. The van der Waals surface area contributed by atoms with Gasteiger partial charge in [-0.25, -0.2) is 8.42 Å². The number of amides is 1. The third-order valence-corrected chi connectivity index (χ3v) is 5.81. The van der Waals surface area contributed by atoms with Gasteiger partial charge in [0.25, 0.3) is 0 Å². The normalized spacial score (nSPS) is 11.2. The summed E-state index contributed by atoms with van der Waals surface area (Å²) in [7, 11) is -3.64. The Labute approximate surface area is 166 Å². The quantitative estimate of drug-likeness (QED) is 0.643. The van der Waals surface area contributed by atoms with Crippen LogP contribution in [-0.2, 0) is 14.8 Å². The van der Waals surface area contributed by atoms with Crippen LogP contribution >= 0.6 is 34.2 Å². The van der Waals surface area contributed by atoms with E-state index in [-0.39, 0.29) is 6.54 Å². The van der Waals surface area contributed by atoms with E-state index in [4.69, 9.17) is 11.6 Å². The Balaban J connectivity index is 2.25. The van der Waals surface area contributed by atoms with E-state index in [1.54, 1.807) is 24.3 Å². The molecule has 0 heterocycles. The van der Waals surface area contributed by atoms with Gasteiger partial charge in [0.2, 0.25) is 15.9 Å². The summed E-state index contributed by atoms with van der Waals surface area (Å²) in [4.78, 5) is 12.4. The molecule has 8 heteroatoms. The number of anilines is 2. The van der Waals surface area contributed by atoms with Crippen LogP contribution in [0, 0.1) is 17.4 Å². The van der Waals surface area contributed by atoms with Crippen molar-refractivity contribution in [3.05, 3.63) is 56.1 Å². The number of benzene rings is 2. The van der Waals surface area contributed by atoms with Crippen molar-refractivity contribution < 1.29 is 13.2 Å². The van der Waals surface area contributed by atoms with Gasteiger partial charge in [0.05, 0.1) is 11.9 Å². The lowest BCUT2D eigenvalue weighted by Crippen LogP contribution is -2.37. The SMILES string of the molecule is Cc1ccc(N(CC(=O)Nc2ccc(I)cc2C)S(C)(=O)=O)cc1Cl. The van der Waals surface area contributed by atoms with Crippen LogP contribution in [0.3, 0.4) is 0 Å². The fourth-order valence-electron chi connectivity index (χ4n) is 2.22. The molecule has 0 radical (unpaired) electrons. The lowest BCUT2D eigenvalue weighted by molar-refractivity contribution is -0.114. The summed E-state index contributed by atoms with van der Waals surface area (Å²) in [6.45, 7) is 3.37. The molecular weight excluding hydrogens is 475 g/mol. The van der Waals surface area contributed by atoms with Gasteiger partial charge < -0.3 is 5.32 Å². The summed E-state index contributed by atoms with van der Waals surface area (Å²) < 4.78 is 26.4. The molecule has 1 N–H and O–H groups in total. The van der Waals surface area contributed by atoms with E-state index in [9.17, 15) is 13.2 Å². The number of carbonyl (C=O) groups excluding carboxylic acids is 1. The predicted octanol–water partition coefficient (Wildman–Crippen LogP) is 3.97. The summed E-state index contributed by atoms with van der Waals surface area (Å²) in [6, 6.07) is 10.5. The van der Waals surface area contributed by atoms with Crippen molar-refractivity contribution >= 4 is 61.5 Å². The maximum Gasteiger partial charge on any atom is 0.245 e. The largest absolute Gasteiger partial charge is 0.324 e. The van der Waals surface area contributed by atoms with Gasteiger partial charge in [-0.15, -0.1) is 0 Å². The number of rotatable bonds is 5. The molecule has 134 valence electrons. The minimum Gasteiger partial charge on any atom is -0.324 e. The summed E-state index contributed by atoms with van der Waals surface area (Å²) in [5.74, 6) is -0.425. The molecule has 0 bridgehead atoms. The average Bonchev–Trinajstić information content (AvgIpc) is 2.49. The van der Waals surface area contributed by atoms with E-state index in [1.807, 2.05) is 26.0 Å². The van der Waals surface area contributed by atoms with Crippen molar-refractivity contribution in [3.8, 4) is 0 Å². The van der Waals surface area contributed by atoms with E-state index in [0.717, 1.165) is 25.3 Å². The summed E-state index contributed by atoms with van der Waals surface area (Å²) >= 11 is 8.27. The molecule has 2 rings (SSSR count). The van der Waals surface area contributed by atoms with Crippen LogP contribution in [0.1, 0.15) is 11.1 Å². The minimum absolute atomic E-state index is 0.330. The van der Waals surface area contributed by atoms with Crippen molar-refractivity contribution in [3.63, 3.8) is 0 Å². The molecule has 0 aliphatic carbocycles. The Hall–Kier alpha value is -1.32. The Bertz CT molecular complexity index is 916. The topological polar surface area (TPSA) is 66.5 Å². The molecule has 0 fully saturated rings. The number of hydrogen-bond donors (Lipinski definition) is 1. The van der Waals surface area contributed by atoms with Gasteiger partial charge in [-0.05, 0) is 77.9 Å². The molecule has 1 amide bonds. The van der Waals surface area contributed by atoms with Gasteiger partial charge in [0, 0.05) is 14.3 Å². The van der Waals surface area contributed by atoms with Crippen LogP contribution in [0.5, 0.6) is 0 Å². The van der Waals surface area contributed by atoms with E-state index in [1.165, 1.54) is 0 Å².